The van der Waals surface area contributed by atoms with Gasteiger partial charge in [0.1, 0.15) is 19.3 Å². The molecule has 0 aliphatic rings. The third-order valence-corrected chi connectivity index (χ3v) is 18.4. The minimum Gasteiger partial charge on any atom is -0.462 e. The van der Waals surface area contributed by atoms with Gasteiger partial charge in [0.05, 0.1) is 26.4 Å². The fraction of sp³-hybridized carbons (Fsp3) is 0.943. The topological polar surface area (TPSA) is 237 Å². The van der Waals surface area contributed by atoms with Crippen molar-refractivity contribution in [3.63, 3.8) is 0 Å². The van der Waals surface area contributed by atoms with Crippen LogP contribution < -0.4 is 0 Å². The van der Waals surface area contributed by atoms with Crippen molar-refractivity contribution in [2.24, 2.45) is 17.8 Å². The van der Waals surface area contributed by atoms with Crippen LogP contribution in [0.25, 0.3) is 0 Å². The molecule has 0 heterocycles. The molecular formula is C70H136O17P2. The molecule has 0 bridgehead atoms. The monoisotopic (exact) mass is 1310 g/mol. The predicted molar refractivity (Wildman–Crippen MR) is 358 cm³/mol. The van der Waals surface area contributed by atoms with Crippen molar-refractivity contribution >= 4 is 39.5 Å². The summed E-state index contributed by atoms with van der Waals surface area (Å²) >= 11 is 0. The van der Waals surface area contributed by atoms with Gasteiger partial charge in [0.15, 0.2) is 12.2 Å². The third kappa shape index (κ3) is 63.2. The lowest BCUT2D eigenvalue weighted by molar-refractivity contribution is -0.161. The van der Waals surface area contributed by atoms with Gasteiger partial charge < -0.3 is 33.8 Å². The Hall–Kier alpha value is -1.94. The summed E-state index contributed by atoms with van der Waals surface area (Å²) in [6, 6.07) is 0. The normalized spacial score (nSPS) is 14.5. The van der Waals surface area contributed by atoms with Gasteiger partial charge in [-0.25, -0.2) is 9.13 Å². The Labute approximate surface area is 543 Å². The summed E-state index contributed by atoms with van der Waals surface area (Å²) in [6.07, 6.45) is 44.5. The standard InChI is InChI=1S/C70H136O17P2/c1-8-10-11-12-13-14-24-30-39-46-53-69(74)87-66(58-81-68(73)52-45-38-33-32-35-42-49-62(5)6)60-85-89(78,79)83-56-64(71)55-82-88(76,77)84-59-65(57-80-67(72)51-44-37-29-25-21-20-23-28-36-43-50-63(7)9-2)86-70(75)54-47-40-31-26-19-17-15-16-18-22-27-34-41-48-61(3)4/h61-66,71H,8-60H2,1-7H3,(H,76,77)(H,78,79)/t63?,64-,65-,66-/m1/s1. The molecule has 0 aromatic carbocycles. The molecule has 0 aliphatic heterocycles. The number of hydrogen-bond acceptors (Lipinski definition) is 15. The molecule has 19 heteroatoms. The summed E-state index contributed by atoms with van der Waals surface area (Å²) < 4.78 is 68.2. The number of hydrogen-bond donors (Lipinski definition) is 3. The van der Waals surface area contributed by atoms with Gasteiger partial charge in [-0.1, -0.05) is 299 Å². The number of esters is 4. The first-order valence-corrected chi connectivity index (χ1v) is 39.4. The van der Waals surface area contributed by atoms with E-state index in [0.29, 0.717) is 31.6 Å². The van der Waals surface area contributed by atoms with Crippen molar-refractivity contribution in [1.29, 1.82) is 0 Å². The fourth-order valence-electron chi connectivity index (χ4n) is 10.5. The quantitative estimate of drug-likeness (QED) is 0.0222. The summed E-state index contributed by atoms with van der Waals surface area (Å²) in [5.74, 6) is 0.148. The SMILES string of the molecule is CCCCCCCCCCCCC(=O)O[C@H](COC(=O)CCCCCCCCC(C)C)COP(=O)(O)OC[C@H](O)COP(=O)(O)OC[C@@H](COC(=O)CCCCCCCCCCCCC(C)CC)OC(=O)CCCCCCCCCCCCCCCC(C)C. The van der Waals surface area contributed by atoms with Crippen molar-refractivity contribution in [2.45, 2.75) is 369 Å². The molecule has 0 rings (SSSR count). The number of phosphoric acid groups is 2. The van der Waals surface area contributed by atoms with Gasteiger partial charge >= 0.3 is 39.5 Å². The molecule has 0 fully saturated rings. The highest BCUT2D eigenvalue weighted by Crippen LogP contribution is 2.45. The molecule has 0 aromatic heterocycles. The van der Waals surface area contributed by atoms with E-state index in [1.165, 1.54) is 154 Å². The Morgan fingerprint density at radius 2 is 0.573 bits per heavy atom. The maximum atomic E-state index is 13.0. The number of aliphatic hydroxyl groups is 1. The molecule has 6 atom stereocenters. The van der Waals surface area contributed by atoms with Crippen molar-refractivity contribution in [2.75, 3.05) is 39.6 Å². The molecule has 0 saturated heterocycles. The minimum atomic E-state index is -4.95. The molecule has 0 saturated carbocycles. The largest absolute Gasteiger partial charge is 0.472 e. The van der Waals surface area contributed by atoms with Crippen LogP contribution in [0.5, 0.6) is 0 Å². The minimum absolute atomic E-state index is 0.105. The second-order valence-corrected chi connectivity index (χ2v) is 29.4. The van der Waals surface area contributed by atoms with Crippen LogP contribution in [0.2, 0.25) is 0 Å². The second-order valence-electron chi connectivity index (χ2n) is 26.5. The van der Waals surface area contributed by atoms with Crippen LogP contribution in [0.15, 0.2) is 0 Å². The smallest absolute Gasteiger partial charge is 0.462 e. The third-order valence-electron chi connectivity index (χ3n) is 16.5. The molecule has 0 amide bonds. The number of ether oxygens (including phenoxy) is 4. The molecule has 3 N–H and O–H groups in total. The van der Waals surface area contributed by atoms with E-state index in [2.05, 4.69) is 48.5 Å². The average molecular weight is 1310 g/mol. The number of rotatable bonds is 68. The first-order valence-electron chi connectivity index (χ1n) is 36.4. The van der Waals surface area contributed by atoms with E-state index in [0.717, 1.165) is 108 Å². The molecule has 0 spiro atoms. The number of carbonyl (C=O) groups excluding carboxylic acids is 4. The zero-order valence-electron chi connectivity index (χ0n) is 57.9. The van der Waals surface area contributed by atoms with Crippen LogP contribution in [0.1, 0.15) is 350 Å². The summed E-state index contributed by atoms with van der Waals surface area (Å²) in [4.78, 5) is 72.5. The van der Waals surface area contributed by atoms with Crippen molar-refractivity contribution in [3.8, 4) is 0 Å². The van der Waals surface area contributed by atoms with E-state index in [4.69, 9.17) is 37.0 Å². The summed E-state index contributed by atoms with van der Waals surface area (Å²) in [5, 5.41) is 10.6. The van der Waals surface area contributed by atoms with E-state index in [9.17, 15) is 43.2 Å². The van der Waals surface area contributed by atoms with E-state index < -0.39 is 97.5 Å². The Balaban J connectivity index is 5.24. The Bertz CT molecular complexity index is 1750. The van der Waals surface area contributed by atoms with Gasteiger partial charge in [-0.3, -0.25) is 37.3 Å². The molecule has 0 aliphatic carbocycles. The van der Waals surface area contributed by atoms with Crippen LogP contribution in [-0.4, -0.2) is 96.7 Å². The summed E-state index contributed by atoms with van der Waals surface area (Å²) in [6.45, 7) is 11.8. The van der Waals surface area contributed by atoms with E-state index in [-0.39, 0.29) is 25.7 Å². The van der Waals surface area contributed by atoms with Crippen LogP contribution in [0.4, 0.5) is 0 Å². The van der Waals surface area contributed by atoms with Gasteiger partial charge in [0.2, 0.25) is 0 Å². The van der Waals surface area contributed by atoms with Gasteiger partial charge in [0, 0.05) is 25.7 Å². The maximum Gasteiger partial charge on any atom is 0.472 e. The summed E-state index contributed by atoms with van der Waals surface area (Å²) in [5.41, 5.74) is 0. The highest BCUT2D eigenvalue weighted by molar-refractivity contribution is 7.47. The highest BCUT2D eigenvalue weighted by atomic mass is 31.2. The lowest BCUT2D eigenvalue weighted by atomic mass is 9.99. The van der Waals surface area contributed by atoms with Crippen LogP contribution in [0, 0.1) is 17.8 Å². The number of unbranched alkanes of at least 4 members (excludes halogenated alkanes) is 35. The van der Waals surface area contributed by atoms with E-state index in [1.54, 1.807) is 0 Å². The Kier molecular flexibility index (Phi) is 59.6. The Morgan fingerprint density at radius 3 is 0.854 bits per heavy atom. The van der Waals surface area contributed by atoms with Gasteiger partial charge in [-0.15, -0.1) is 0 Å². The first kappa shape index (κ1) is 87.1. The number of carbonyl (C=O) groups is 4. The second kappa shape index (κ2) is 61.0. The van der Waals surface area contributed by atoms with Crippen LogP contribution in [-0.2, 0) is 65.4 Å². The van der Waals surface area contributed by atoms with E-state index >= 15 is 0 Å². The molecule has 89 heavy (non-hydrogen) atoms. The molecule has 528 valence electrons. The lowest BCUT2D eigenvalue weighted by Gasteiger charge is -2.21. The summed E-state index contributed by atoms with van der Waals surface area (Å²) in [7, 11) is -9.90. The van der Waals surface area contributed by atoms with E-state index in [1.807, 2.05) is 0 Å². The molecule has 17 nitrogen and oxygen atoms in total. The zero-order chi connectivity index (χ0) is 65.9. The van der Waals surface area contributed by atoms with Gasteiger partial charge in [0.25, 0.3) is 0 Å². The van der Waals surface area contributed by atoms with Crippen LogP contribution in [0.3, 0.4) is 0 Å². The average Bonchev–Trinajstić information content (AvgIpc) is 3.71. The van der Waals surface area contributed by atoms with Gasteiger partial charge in [-0.2, -0.15) is 0 Å². The van der Waals surface area contributed by atoms with Crippen molar-refractivity contribution < 1.29 is 80.2 Å². The lowest BCUT2D eigenvalue weighted by Crippen LogP contribution is -2.30. The molecule has 0 aromatic rings. The number of aliphatic hydroxyl groups excluding tert-OH is 1. The zero-order valence-corrected chi connectivity index (χ0v) is 59.7. The Morgan fingerprint density at radius 1 is 0.326 bits per heavy atom. The maximum absolute atomic E-state index is 13.0. The van der Waals surface area contributed by atoms with Gasteiger partial charge in [-0.05, 0) is 43.4 Å². The van der Waals surface area contributed by atoms with Crippen molar-refractivity contribution in [3.05, 3.63) is 0 Å². The molecular weight excluding hydrogens is 1170 g/mol. The predicted octanol–water partition coefficient (Wildman–Crippen LogP) is 19.8. The van der Waals surface area contributed by atoms with Crippen LogP contribution >= 0.6 is 15.6 Å². The fourth-order valence-corrected chi connectivity index (χ4v) is 12.1. The first-order chi connectivity index (χ1) is 42.8. The van der Waals surface area contributed by atoms with Crippen molar-refractivity contribution in [1.82, 2.24) is 0 Å². The highest BCUT2D eigenvalue weighted by Gasteiger charge is 2.30. The number of phosphoric ester groups is 2. The molecule has 0 radical (unpaired) electrons. The molecule has 3 unspecified atom stereocenters.